The van der Waals surface area contributed by atoms with Crippen LogP contribution in [0.3, 0.4) is 0 Å². The molecule has 0 amide bonds. The average molecular weight is 1070 g/mol. The molecule has 0 radical (unpaired) electrons. The van der Waals surface area contributed by atoms with Gasteiger partial charge in [-0.25, -0.2) is 9.98 Å². The predicted octanol–water partition coefficient (Wildman–Crippen LogP) is 10.9. The first-order chi connectivity index (χ1) is 36.0. The number of methoxy groups -OCH3 is 2. The SMILES string of the molecule is COc1cc(-c2ccc(N=C(O)c3cc4ccccc4c(N=Nc4cc(S(=O)(=O)O)cc([N+](=O)[O-])c4O)c3O)c(OC)c2)ccc1N=C(O)c1cc2ccccc2c(N=Nc2cc(S(=O)(=O)O)cc([N+](=O)[O-])c2O)c1O. The highest BCUT2D eigenvalue weighted by atomic mass is 32.2. The van der Waals surface area contributed by atoms with Crippen LogP contribution in [0.5, 0.6) is 34.5 Å². The minimum absolute atomic E-state index is 0.0516. The molecule has 386 valence electrons. The average Bonchev–Trinajstić information content (AvgIpc) is 3.38. The van der Waals surface area contributed by atoms with Crippen LogP contribution in [-0.2, 0) is 20.2 Å². The van der Waals surface area contributed by atoms with E-state index in [9.17, 15) is 76.8 Å². The number of phenolic OH excluding ortho intramolecular Hbond substituents is 4. The lowest BCUT2D eigenvalue weighted by atomic mass is 10.0. The van der Waals surface area contributed by atoms with E-state index in [1.165, 1.54) is 50.6 Å². The molecule has 0 fully saturated rings. The van der Waals surface area contributed by atoms with Crippen LogP contribution in [0, 0.1) is 20.2 Å². The number of aliphatic hydroxyl groups is 2. The monoisotopic (exact) mass is 1070 g/mol. The van der Waals surface area contributed by atoms with E-state index in [4.69, 9.17) is 9.47 Å². The van der Waals surface area contributed by atoms with Gasteiger partial charge in [0.15, 0.2) is 11.5 Å². The molecule has 8 aromatic rings. The first kappa shape index (κ1) is 52.2. The Morgan fingerprint density at radius 2 is 0.855 bits per heavy atom. The third kappa shape index (κ3) is 10.4. The van der Waals surface area contributed by atoms with Gasteiger partial charge in [-0.2, -0.15) is 16.8 Å². The van der Waals surface area contributed by atoms with E-state index < -0.39 is 97.4 Å². The number of azo groups is 2. The number of aliphatic imine (C=N–C) groups is 2. The van der Waals surface area contributed by atoms with Crippen LogP contribution < -0.4 is 9.47 Å². The predicted molar refractivity (Wildman–Crippen MR) is 271 cm³/mol. The van der Waals surface area contributed by atoms with Crippen molar-refractivity contribution in [3.05, 3.63) is 153 Å². The largest absolute Gasteiger partial charge is 0.505 e. The molecule has 0 saturated heterocycles. The van der Waals surface area contributed by atoms with Crippen LogP contribution in [0.15, 0.2) is 162 Å². The Balaban J connectivity index is 1.12. The number of nitrogens with zero attached hydrogens (tertiary/aromatic N) is 8. The van der Waals surface area contributed by atoms with Gasteiger partial charge in [-0.05, 0) is 70.4 Å². The second-order valence-electron chi connectivity index (χ2n) is 15.8. The van der Waals surface area contributed by atoms with Crippen molar-refractivity contribution in [1.82, 2.24) is 0 Å². The number of aromatic hydroxyl groups is 4. The summed E-state index contributed by atoms with van der Waals surface area (Å²) in [5, 5.41) is 107. The molecule has 0 aliphatic heterocycles. The summed E-state index contributed by atoms with van der Waals surface area (Å²) in [6, 6.07) is 26.6. The van der Waals surface area contributed by atoms with Gasteiger partial charge in [-0.1, -0.05) is 60.7 Å². The van der Waals surface area contributed by atoms with E-state index in [0.717, 1.165) is 0 Å². The van der Waals surface area contributed by atoms with Crippen molar-refractivity contribution in [2.75, 3.05) is 14.2 Å². The van der Waals surface area contributed by atoms with Gasteiger partial charge in [0.2, 0.25) is 23.3 Å². The number of hydrogen-bond donors (Lipinski definition) is 8. The van der Waals surface area contributed by atoms with E-state index in [1.807, 2.05) is 0 Å². The highest BCUT2D eigenvalue weighted by molar-refractivity contribution is 7.86. The number of aliphatic hydroxyl groups excluding tert-OH is 2. The van der Waals surface area contributed by atoms with Crippen LogP contribution in [0.2, 0.25) is 0 Å². The molecule has 8 aromatic carbocycles. The van der Waals surface area contributed by atoms with Crippen molar-refractivity contribution in [2.24, 2.45) is 30.4 Å². The van der Waals surface area contributed by atoms with Crippen LogP contribution in [0.4, 0.5) is 45.5 Å². The molecular formula is C48H34N8O18S2. The van der Waals surface area contributed by atoms with Gasteiger partial charge in [0, 0.05) is 22.9 Å². The van der Waals surface area contributed by atoms with Crippen LogP contribution >= 0.6 is 0 Å². The Labute approximate surface area is 426 Å². The van der Waals surface area contributed by atoms with Crippen molar-refractivity contribution in [2.45, 2.75) is 9.79 Å². The number of fused-ring (bicyclic) bond motifs is 2. The van der Waals surface area contributed by atoms with Gasteiger partial charge in [0.1, 0.15) is 55.4 Å². The van der Waals surface area contributed by atoms with E-state index >= 15 is 0 Å². The van der Waals surface area contributed by atoms with Crippen LogP contribution in [-0.4, -0.2) is 92.4 Å². The fourth-order valence-electron chi connectivity index (χ4n) is 7.52. The highest BCUT2D eigenvalue weighted by Crippen LogP contribution is 2.46. The van der Waals surface area contributed by atoms with Gasteiger partial charge in [0.25, 0.3) is 20.2 Å². The molecule has 8 rings (SSSR count). The molecule has 0 aliphatic carbocycles. The van der Waals surface area contributed by atoms with Gasteiger partial charge in [0.05, 0.1) is 35.2 Å². The summed E-state index contributed by atoms with van der Waals surface area (Å²) in [5.74, 6) is -4.92. The molecule has 76 heavy (non-hydrogen) atoms. The molecule has 8 N–H and O–H groups in total. The number of nitro groups is 2. The lowest BCUT2D eigenvalue weighted by Crippen LogP contribution is -2.00. The fraction of sp³-hybridized carbons (Fsp3) is 0.0417. The van der Waals surface area contributed by atoms with Crippen molar-refractivity contribution in [3.63, 3.8) is 0 Å². The zero-order chi connectivity index (χ0) is 55.0. The van der Waals surface area contributed by atoms with Crippen molar-refractivity contribution in [3.8, 4) is 45.6 Å². The second kappa shape index (κ2) is 20.4. The standard InChI is InChI=1S/C48H34N8O18S2/c1-73-39-17-23(11-13-33(39)49-47(61)31-15-25-7-3-5-9-29(25)41(43(31)57)53-51-35-19-27(75(67,68)69)21-37(45(35)59)55(63)64)24-12-14-34(40(18-24)74-2)50-48(62)32-16-26-8-4-6-10-30(26)42(44(32)58)54-52-36-20-28(76(70,71)72)22-38(46(36)60)56(65)66/h3-22,57-60H,1-2H3,(H,49,61)(H,50,62)(H,67,68,69)(H,70,71,72). The molecule has 0 unspecified atom stereocenters. The number of phenols is 4. The molecule has 28 heteroatoms. The molecule has 0 spiro atoms. The zero-order valence-electron chi connectivity index (χ0n) is 38.6. The van der Waals surface area contributed by atoms with E-state index in [-0.39, 0.29) is 56.1 Å². The Hall–Kier alpha value is -10.2. The van der Waals surface area contributed by atoms with Gasteiger partial charge < -0.3 is 40.1 Å². The molecule has 0 heterocycles. The van der Waals surface area contributed by atoms with Crippen LogP contribution in [0.1, 0.15) is 11.1 Å². The summed E-state index contributed by atoms with van der Waals surface area (Å²) in [4.78, 5) is 27.5. The highest BCUT2D eigenvalue weighted by Gasteiger charge is 2.27. The van der Waals surface area contributed by atoms with Crippen molar-refractivity contribution in [1.29, 1.82) is 0 Å². The lowest BCUT2D eigenvalue weighted by Gasteiger charge is -2.13. The first-order valence-corrected chi connectivity index (χ1v) is 24.1. The van der Waals surface area contributed by atoms with Gasteiger partial charge in [-0.3, -0.25) is 29.3 Å². The summed E-state index contributed by atoms with van der Waals surface area (Å²) < 4.78 is 77.7. The normalized spacial score (nSPS) is 12.5. The lowest BCUT2D eigenvalue weighted by molar-refractivity contribution is -0.386. The number of ether oxygens (including phenoxy) is 2. The molecule has 0 aromatic heterocycles. The van der Waals surface area contributed by atoms with Crippen molar-refractivity contribution >= 4 is 99.1 Å². The minimum atomic E-state index is -5.02. The van der Waals surface area contributed by atoms with E-state index in [1.54, 1.807) is 60.7 Å². The summed E-state index contributed by atoms with van der Waals surface area (Å²) in [5.41, 5.74) is -3.89. The number of benzene rings is 8. The van der Waals surface area contributed by atoms with Gasteiger partial charge >= 0.3 is 11.4 Å². The molecule has 0 atom stereocenters. The summed E-state index contributed by atoms with van der Waals surface area (Å²) in [6.07, 6.45) is 0. The van der Waals surface area contributed by atoms with Crippen molar-refractivity contribution < 1.29 is 75.9 Å². The Kier molecular flexibility index (Phi) is 14.0. The Morgan fingerprint density at radius 3 is 1.20 bits per heavy atom. The maximum absolute atomic E-state index is 11.9. The number of nitro benzene ring substituents is 2. The quantitative estimate of drug-likeness (QED) is 0.0118. The molecule has 0 saturated carbocycles. The topological polar surface area (TPSA) is 409 Å². The third-order valence-electron chi connectivity index (χ3n) is 11.2. The molecule has 0 aliphatic rings. The minimum Gasteiger partial charge on any atom is -0.505 e. The fourth-order valence-corrected chi connectivity index (χ4v) is 8.56. The summed E-state index contributed by atoms with van der Waals surface area (Å²) >= 11 is 0. The smallest absolute Gasteiger partial charge is 0.314 e. The Bertz CT molecular complexity index is 3870. The summed E-state index contributed by atoms with van der Waals surface area (Å²) in [7, 11) is -7.39. The van der Waals surface area contributed by atoms with Gasteiger partial charge in [-0.15, -0.1) is 20.5 Å². The second-order valence-corrected chi connectivity index (χ2v) is 18.7. The number of rotatable bonds is 15. The maximum Gasteiger partial charge on any atom is 0.314 e. The maximum atomic E-state index is 11.9. The molecular weight excluding hydrogens is 1040 g/mol. The zero-order valence-corrected chi connectivity index (χ0v) is 40.2. The Morgan fingerprint density at radius 1 is 0.487 bits per heavy atom. The third-order valence-corrected chi connectivity index (χ3v) is 12.9. The first-order valence-electron chi connectivity index (χ1n) is 21.2. The number of hydrogen-bond acceptors (Lipinski definition) is 20. The molecule has 0 bridgehead atoms. The van der Waals surface area contributed by atoms with E-state index in [2.05, 4.69) is 30.4 Å². The summed E-state index contributed by atoms with van der Waals surface area (Å²) in [6.45, 7) is 0. The van der Waals surface area contributed by atoms with E-state index in [0.29, 0.717) is 46.2 Å². The van der Waals surface area contributed by atoms with Crippen LogP contribution in [0.25, 0.3) is 32.7 Å². The molecule has 26 nitrogen and oxygen atoms in total.